The molecule has 0 spiro atoms. The second-order valence-electron chi connectivity index (χ2n) is 6.83. The Balaban J connectivity index is 1.72. The first-order chi connectivity index (χ1) is 14.6. The SMILES string of the molecule is CCc1nn2c(N)c(-c3nc4ccccc4[nH]3)nnc2c1-c1cccc(C(=O)O)c1. The molecule has 0 fully saturated rings. The molecule has 2 aromatic carbocycles. The van der Waals surface area contributed by atoms with Crippen LogP contribution in [0.4, 0.5) is 5.82 Å². The van der Waals surface area contributed by atoms with Crippen molar-refractivity contribution in [3.63, 3.8) is 0 Å². The van der Waals surface area contributed by atoms with Crippen LogP contribution in [-0.2, 0) is 6.42 Å². The summed E-state index contributed by atoms with van der Waals surface area (Å²) in [7, 11) is 0. The van der Waals surface area contributed by atoms with Gasteiger partial charge in [0.15, 0.2) is 23.0 Å². The molecule has 0 aliphatic rings. The van der Waals surface area contributed by atoms with E-state index in [0.717, 1.165) is 22.3 Å². The van der Waals surface area contributed by atoms with E-state index in [4.69, 9.17) is 5.73 Å². The molecule has 9 heteroatoms. The highest BCUT2D eigenvalue weighted by Crippen LogP contribution is 2.31. The van der Waals surface area contributed by atoms with E-state index in [9.17, 15) is 9.90 Å². The topological polar surface area (TPSA) is 135 Å². The van der Waals surface area contributed by atoms with E-state index in [2.05, 4.69) is 25.3 Å². The maximum Gasteiger partial charge on any atom is 0.335 e. The quantitative estimate of drug-likeness (QED) is 0.422. The molecule has 30 heavy (non-hydrogen) atoms. The average molecular weight is 399 g/mol. The van der Waals surface area contributed by atoms with Crippen molar-refractivity contribution < 1.29 is 9.90 Å². The van der Waals surface area contributed by atoms with Crippen molar-refractivity contribution in [2.75, 3.05) is 5.73 Å². The van der Waals surface area contributed by atoms with Gasteiger partial charge >= 0.3 is 5.97 Å². The molecule has 0 amide bonds. The van der Waals surface area contributed by atoms with Crippen molar-refractivity contribution in [2.24, 2.45) is 0 Å². The number of carboxylic acids is 1. The summed E-state index contributed by atoms with van der Waals surface area (Å²) in [4.78, 5) is 19.1. The number of nitrogens with one attached hydrogen (secondary N) is 1. The second kappa shape index (κ2) is 6.66. The van der Waals surface area contributed by atoms with E-state index in [-0.39, 0.29) is 5.56 Å². The lowest BCUT2D eigenvalue weighted by atomic mass is 10.0. The number of nitrogens with two attached hydrogens (primary N) is 1. The number of nitrogens with zero attached hydrogens (tertiary/aromatic N) is 5. The Bertz CT molecular complexity index is 1400. The van der Waals surface area contributed by atoms with E-state index in [1.54, 1.807) is 18.2 Å². The van der Waals surface area contributed by atoms with Crippen LogP contribution in [0.2, 0.25) is 0 Å². The third-order valence-electron chi connectivity index (χ3n) is 5.00. The normalized spacial score (nSPS) is 11.4. The fourth-order valence-corrected chi connectivity index (χ4v) is 3.55. The maximum absolute atomic E-state index is 11.4. The summed E-state index contributed by atoms with van der Waals surface area (Å²) in [5.41, 5.74) is 11.3. The Morgan fingerprint density at radius 2 is 2.00 bits per heavy atom. The van der Waals surface area contributed by atoms with Crippen LogP contribution in [0.1, 0.15) is 23.0 Å². The Morgan fingerprint density at radius 3 is 2.77 bits per heavy atom. The molecule has 0 aliphatic heterocycles. The highest BCUT2D eigenvalue weighted by molar-refractivity contribution is 5.91. The molecule has 0 aliphatic carbocycles. The molecule has 4 N–H and O–H groups in total. The zero-order valence-corrected chi connectivity index (χ0v) is 16.0. The first kappa shape index (κ1) is 17.8. The number of imidazole rings is 1. The lowest BCUT2D eigenvalue weighted by Gasteiger charge is -2.05. The van der Waals surface area contributed by atoms with Crippen molar-refractivity contribution in [1.82, 2.24) is 29.8 Å². The van der Waals surface area contributed by atoms with Gasteiger partial charge in [0.25, 0.3) is 0 Å². The van der Waals surface area contributed by atoms with Crippen molar-refractivity contribution in [2.45, 2.75) is 13.3 Å². The standard InChI is InChI=1S/C21H17N7O2/c1-2-13-16(11-6-5-7-12(10-11)21(29)30)20-26-25-17(18(22)28(20)27-13)19-23-14-8-3-4-9-15(14)24-19/h3-10H,2,22H2,1H3,(H,23,24)(H,29,30). The highest BCUT2D eigenvalue weighted by atomic mass is 16.4. The Hall–Kier alpha value is -4.27. The fraction of sp³-hybridized carbons (Fsp3) is 0.0952. The monoisotopic (exact) mass is 399 g/mol. The number of nitrogen functional groups attached to an aromatic ring is 1. The number of anilines is 1. The molecule has 0 saturated heterocycles. The Labute approximate surface area is 170 Å². The van der Waals surface area contributed by atoms with Gasteiger partial charge in [0, 0.05) is 0 Å². The number of aromatic amines is 1. The molecule has 5 aromatic rings. The number of benzene rings is 2. The van der Waals surface area contributed by atoms with Crippen LogP contribution < -0.4 is 5.73 Å². The van der Waals surface area contributed by atoms with Crippen molar-refractivity contribution in [1.29, 1.82) is 0 Å². The van der Waals surface area contributed by atoms with E-state index in [1.165, 1.54) is 4.52 Å². The van der Waals surface area contributed by atoms with Crippen LogP contribution in [0.5, 0.6) is 0 Å². The first-order valence-corrected chi connectivity index (χ1v) is 9.39. The van der Waals surface area contributed by atoms with Crippen LogP contribution in [0.15, 0.2) is 48.5 Å². The molecular formula is C21H17N7O2. The number of hydrogen-bond donors (Lipinski definition) is 3. The molecule has 5 rings (SSSR count). The summed E-state index contributed by atoms with van der Waals surface area (Å²) < 4.78 is 1.54. The number of H-pyrrole nitrogens is 1. The van der Waals surface area contributed by atoms with Crippen LogP contribution in [0, 0.1) is 0 Å². The maximum atomic E-state index is 11.4. The number of aromatic carboxylic acids is 1. The Kier molecular flexibility index (Phi) is 3.95. The van der Waals surface area contributed by atoms with Gasteiger partial charge in [0.1, 0.15) is 0 Å². The number of carboxylic acid groups (broad SMARTS) is 1. The van der Waals surface area contributed by atoms with Gasteiger partial charge in [-0.1, -0.05) is 31.2 Å². The second-order valence-corrected chi connectivity index (χ2v) is 6.83. The summed E-state index contributed by atoms with van der Waals surface area (Å²) in [5, 5.41) is 22.6. The number of carbonyl (C=O) groups is 1. The first-order valence-electron chi connectivity index (χ1n) is 9.39. The van der Waals surface area contributed by atoms with E-state index in [1.807, 2.05) is 37.3 Å². The highest BCUT2D eigenvalue weighted by Gasteiger charge is 2.21. The molecule has 148 valence electrons. The third kappa shape index (κ3) is 2.67. The third-order valence-corrected chi connectivity index (χ3v) is 5.00. The summed E-state index contributed by atoms with van der Waals surface area (Å²) >= 11 is 0. The van der Waals surface area contributed by atoms with Crippen molar-refractivity contribution in [3.05, 3.63) is 59.8 Å². The molecule has 0 unspecified atom stereocenters. The number of aryl methyl sites for hydroxylation is 1. The van der Waals surface area contributed by atoms with Gasteiger partial charge in [-0.25, -0.2) is 9.78 Å². The summed E-state index contributed by atoms with van der Waals surface area (Å²) in [6.07, 6.45) is 0.620. The van der Waals surface area contributed by atoms with Crippen LogP contribution in [-0.4, -0.2) is 40.9 Å². The molecular weight excluding hydrogens is 382 g/mol. The van der Waals surface area contributed by atoms with Gasteiger partial charge in [-0.15, -0.1) is 10.2 Å². The van der Waals surface area contributed by atoms with Gasteiger partial charge in [0.2, 0.25) is 0 Å². The number of aromatic nitrogens is 6. The van der Waals surface area contributed by atoms with Crippen LogP contribution in [0.3, 0.4) is 0 Å². The van der Waals surface area contributed by atoms with E-state index in [0.29, 0.717) is 35.0 Å². The molecule has 0 radical (unpaired) electrons. The van der Waals surface area contributed by atoms with Gasteiger partial charge < -0.3 is 15.8 Å². The molecule has 0 bridgehead atoms. The minimum atomic E-state index is -0.996. The van der Waals surface area contributed by atoms with Gasteiger partial charge in [-0.3, -0.25) is 0 Å². The van der Waals surface area contributed by atoms with E-state index >= 15 is 0 Å². The summed E-state index contributed by atoms with van der Waals surface area (Å²) in [6, 6.07) is 14.3. The lowest BCUT2D eigenvalue weighted by Crippen LogP contribution is -2.06. The van der Waals surface area contributed by atoms with Crippen LogP contribution in [0.25, 0.3) is 39.3 Å². The summed E-state index contributed by atoms with van der Waals surface area (Å²) in [6.45, 7) is 1.97. The zero-order chi connectivity index (χ0) is 20.8. The smallest absolute Gasteiger partial charge is 0.335 e. The number of para-hydroxylation sites is 2. The predicted molar refractivity (Wildman–Crippen MR) is 112 cm³/mol. The van der Waals surface area contributed by atoms with Crippen molar-refractivity contribution in [3.8, 4) is 22.6 Å². The molecule has 3 aromatic heterocycles. The van der Waals surface area contributed by atoms with Gasteiger partial charge in [-0.2, -0.15) is 9.61 Å². The van der Waals surface area contributed by atoms with Gasteiger partial charge in [-0.05, 0) is 36.2 Å². The minimum Gasteiger partial charge on any atom is -0.478 e. The van der Waals surface area contributed by atoms with Gasteiger partial charge in [0.05, 0.1) is 27.9 Å². The van der Waals surface area contributed by atoms with E-state index < -0.39 is 5.97 Å². The average Bonchev–Trinajstić information content (AvgIpc) is 3.35. The Morgan fingerprint density at radius 1 is 1.17 bits per heavy atom. The summed E-state index contributed by atoms with van der Waals surface area (Å²) in [5.74, 6) is -0.190. The predicted octanol–water partition coefficient (Wildman–Crippen LogP) is 3.18. The van der Waals surface area contributed by atoms with Crippen molar-refractivity contribution >= 4 is 28.5 Å². The minimum absolute atomic E-state index is 0.189. The largest absolute Gasteiger partial charge is 0.478 e. The number of hydrogen-bond acceptors (Lipinski definition) is 6. The van der Waals surface area contributed by atoms with Crippen LogP contribution >= 0.6 is 0 Å². The number of rotatable bonds is 4. The molecule has 0 saturated carbocycles. The zero-order valence-electron chi connectivity index (χ0n) is 16.0. The molecule has 0 atom stereocenters. The number of fused-ring (bicyclic) bond motifs is 2. The fourth-order valence-electron chi connectivity index (χ4n) is 3.55. The molecule has 3 heterocycles. The molecule has 9 nitrogen and oxygen atoms in total. The lowest BCUT2D eigenvalue weighted by molar-refractivity contribution is 0.0697.